The molecule has 0 spiro atoms. The van der Waals surface area contributed by atoms with E-state index in [1.54, 1.807) is 6.92 Å². The summed E-state index contributed by atoms with van der Waals surface area (Å²) in [4.78, 5) is 0. The average Bonchev–Trinajstić information content (AvgIpc) is 2.69. The molecule has 1 aliphatic rings. The Morgan fingerprint density at radius 2 is 2.32 bits per heavy atom. The molecule has 1 aliphatic heterocycles. The molecule has 1 aromatic rings. The van der Waals surface area contributed by atoms with E-state index in [0.29, 0.717) is 8.81 Å². The van der Waals surface area contributed by atoms with Crippen LogP contribution in [0.15, 0.2) is 14.1 Å². The maximum atomic E-state index is 12.5. The Bertz CT molecular complexity index is 542. The van der Waals surface area contributed by atoms with Gasteiger partial charge in [0.15, 0.2) is 0 Å². The van der Waals surface area contributed by atoms with Crippen LogP contribution >= 0.6 is 38.9 Å². The van der Waals surface area contributed by atoms with Gasteiger partial charge in [0.25, 0.3) is 10.0 Å². The molecule has 0 saturated carbocycles. The van der Waals surface area contributed by atoms with Crippen molar-refractivity contribution in [2.75, 3.05) is 19.7 Å². The van der Waals surface area contributed by atoms with Gasteiger partial charge in [0, 0.05) is 13.1 Å². The highest BCUT2D eigenvalue weighted by atomic mass is 79.9. The number of rotatable bonds is 3. The van der Waals surface area contributed by atoms with E-state index in [2.05, 4.69) is 15.9 Å². The minimum atomic E-state index is -3.59. The smallest absolute Gasteiger partial charge is 0.252 e. The number of morpholine rings is 1. The highest BCUT2D eigenvalue weighted by Gasteiger charge is 2.34. The number of ether oxygens (including phenoxy) is 1. The van der Waals surface area contributed by atoms with Crippen LogP contribution in [0.2, 0.25) is 5.02 Å². The second-order valence-electron chi connectivity index (χ2n) is 4.26. The van der Waals surface area contributed by atoms with Gasteiger partial charge in [0.1, 0.15) is 4.21 Å². The summed E-state index contributed by atoms with van der Waals surface area (Å²) in [5.41, 5.74) is 0. The van der Waals surface area contributed by atoms with Gasteiger partial charge in [-0.15, -0.1) is 11.3 Å². The second kappa shape index (κ2) is 5.97. The standard InChI is InChI=1S/C10H13BrClNO4S2/c1-6-3-13(4-7(5-14)17-6)19(15,16)9-2-8(12)10(11)18-9/h2,6-7,14H,3-5H2,1H3. The van der Waals surface area contributed by atoms with Crippen molar-refractivity contribution < 1.29 is 18.3 Å². The Morgan fingerprint density at radius 3 is 2.84 bits per heavy atom. The molecule has 0 bridgehead atoms. The van der Waals surface area contributed by atoms with Crippen molar-refractivity contribution in [3.05, 3.63) is 14.9 Å². The number of hydrogen-bond acceptors (Lipinski definition) is 5. The van der Waals surface area contributed by atoms with Gasteiger partial charge in [-0.25, -0.2) is 8.42 Å². The van der Waals surface area contributed by atoms with Crippen LogP contribution in [0, 0.1) is 0 Å². The number of aliphatic hydroxyl groups is 1. The van der Waals surface area contributed by atoms with Crippen molar-refractivity contribution in [1.29, 1.82) is 0 Å². The molecule has 2 unspecified atom stereocenters. The van der Waals surface area contributed by atoms with E-state index in [0.717, 1.165) is 11.3 Å². The van der Waals surface area contributed by atoms with Crippen LogP contribution in [-0.2, 0) is 14.8 Å². The number of aliphatic hydroxyl groups excluding tert-OH is 1. The van der Waals surface area contributed by atoms with E-state index in [1.807, 2.05) is 0 Å². The summed E-state index contributed by atoms with van der Waals surface area (Å²) >= 11 is 10.2. The molecule has 19 heavy (non-hydrogen) atoms. The molecule has 9 heteroatoms. The van der Waals surface area contributed by atoms with Gasteiger partial charge in [0.05, 0.1) is 27.6 Å². The van der Waals surface area contributed by atoms with Gasteiger partial charge >= 0.3 is 0 Å². The molecular formula is C10H13BrClNO4S2. The SMILES string of the molecule is CC1CN(S(=O)(=O)c2cc(Cl)c(Br)s2)CC(CO)O1. The van der Waals surface area contributed by atoms with Crippen molar-refractivity contribution in [2.45, 2.75) is 23.3 Å². The van der Waals surface area contributed by atoms with E-state index in [4.69, 9.17) is 21.4 Å². The zero-order valence-corrected chi connectivity index (χ0v) is 14.0. The molecule has 0 radical (unpaired) electrons. The summed E-state index contributed by atoms with van der Waals surface area (Å²) in [6.45, 7) is 2.00. The monoisotopic (exact) mass is 389 g/mol. The lowest BCUT2D eigenvalue weighted by Gasteiger charge is -2.34. The lowest BCUT2D eigenvalue weighted by molar-refractivity contribution is -0.0750. The molecule has 5 nitrogen and oxygen atoms in total. The van der Waals surface area contributed by atoms with Crippen LogP contribution in [0.5, 0.6) is 0 Å². The Labute approximate surface area is 129 Å². The minimum Gasteiger partial charge on any atom is -0.394 e. The third kappa shape index (κ3) is 3.31. The Morgan fingerprint density at radius 1 is 1.63 bits per heavy atom. The fourth-order valence-electron chi connectivity index (χ4n) is 1.88. The van der Waals surface area contributed by atoms with Gasteiger partial charge in [-0.05, 0) is 28.9 Å². The van der Waals surface area contributed by atoms with Crippen molar-refractivity contribution in [1.82, 2.24) is 4.31 Å². The van der Waals surface area contributed by atoms with Crippen LogP contribution < -0.4 is 0 Å². The van der Waals surface area contributed by atoms with Crippen molar-refractivity contribution in [3.8, 4) is 0 Å². The first-order valence-electron chi connectivity index (χ1n) is 5.56. The summed E-state index contributed by atoms with van der Waals surface area (Å²) in [6.07, 6.45) is -0.739. The van der Waals surface area contributed by atoms with Gasteiger partial charge in [-0.1, -0.05) is 11.6 Å². The normalized spacial score (nSPS) is 25.7. The van der Waals surface area contributed by atoms with Gasteiger partial charge < -0.3 is 9.84 Å². The number of thiophene rings is 1. The molecule has 2 rings (SSSR count). The predicted molar refractivity (Wildman–Crippen MR) is 77.2 cm³/mol. The van der Waals surface area contributed by atoms with Crippen molar-refractivity contribution >= 4 is 48.9 Å². The van der Waals surface area contributed by atoms with Crippen molar-refractivity contribution in [2.24, 2.45) is 0 Å². The highest BCUT2D eigenvalue weighted by molar-refractivity contribution is 9.11. The first kappa shape index (κ1) is 15.7. The Hall–Kier alpha value is 0.300. The Kier molecular flexibility index (Phi) is 4.92. The highest BCUT2D eigenvalue weighted by Crippen LogP contribution is 2.36. The summed E-state index contributed by atoms with van der Waals surface area (Å²) in [7, 11) is -3.59. The second-order valence-corrected chi connectivity index (χ2v) is 9.20. The largest absolute Gasteiger partial charge is 0.394 e. The fraction of sp³-hybridized carbons (Fsp3) is 0.600. The van der Waals surface area contributed by atoms with E-state index < -0.39 is 16.1 Å². The average molecular weight is 391 g/mol. The summed E-state index contributed by atoms with van der Waals surface area (Å²) in [5, 5.41) is 9.52. The van der Waals surface area contributed by atoms with Crippen LogP contribution in [-0.4, -0.2) is 49.7 Å². The van der Waals surface area contributed by atoms with Crippen LogP contribution in [0.1, 0.15) is 6.92 Å². The topological polar surface area (TPSA) is 66.8 Å². The summed E-state index contributed by atoms with van der Waals surface area (Å²) in [5.74, 6) is 0. The number of sulfonamides is 1. The third-order valence-corrected chi connectivity index (χ3v) is 7.47. The first-order valence-corrected chi connectivity index (χ1v) is 8.98. The molecule has 0 aromatic carbocycles. The molecule has 1 N–H and O–H groups in total. The molecular weight excluding hydrogens is 378 g/mol. The third-order valence-electron chi connectivity index (χ3n) is 2.71. The number of hydrogen-bond donors (Lipinski definition) is 1. The molecule has 1 saturated heterocycles. The quantitative estimate of drug-likeness (QED) is 0.856. The van der Waals surface area contributed by atoms with Crippen LogP contribution in [0.3, 0.4) is 0 Å². The molecule has 0 aliphatic carbocycles. The molecule has 2 atom stereocenters. The van der Waals surface area contributed by atoms with E-state index >= 15 is 0 Å². The molecule has 1 aromatic heterocycles. The number of nitrogens with zero attached hydrogens (tertiary/aromatic N) is 1. The fourth-order valence-corrected chi connectivity index (χ4v) is 5.98. The maximum Gasteiger partial charge on any atom is 0.252 e. The Balaban J connectivity index is 2.28. The molecule has 1 fully saturated rings. The predicted octanol–water partition coefficient (Wildman–Crippen LogP) is 1.93. The van der Waals surface area contributed by atoms with Gasteiger partial charge in [-0.3, -0.25) is 0 Å². The van der Waals surface area contributed by atoms with Crippen molar-refractivity contribution in [3.63, 3.8) is 0 Å². The zero-order chi connectivity index (χ0) is 14.2. The maximum absolute atomic E-state index is 12.5. The van der Waals surface area contributed by atoms with E-state index in [9.17, 15) is 8.42 Å². The summed E-state index contributed by atoms with van der Waals surface area (Å²) < 4.78 is 32.5. The van der Waals surface area contributed by atoms with Crippen LogP contribution in [0.4, 0.5) is 0 Å². The van der Waals surface area contributed by atoms with E-state index in [1.165, 1.54) is 10.4 Å². The van der Waals surface area contributed by atoms with E-state index in [-0.39, 0.29) is 30.0 Å². The minimum absolute atomic E-state index is 0.149. The lowest BCUT2D eigenvalue weighted by Crippen LogP contribution is -2.50. The lowest BCUT2D eigenvalue weighted by atomic mass is 10.2. The molecule has 2 heterocycles. The molecule has 0 amide bonds. The first-order chi connectivity index (χ1) is 8.84. The molecule has 108 valence electrons. The zero-order valence-electron chi connectivity index (χ0n) is 10.0. The van der Waals surface area contributed by atoms with Crippen LogP contribution in [0.25, 0.3) is 0 Å². The van der Waals surface area contributed by atoms with Gasteiger partial charge in [0.2, 0.25) is 0 Å². The number of halogens is 2. The van der Waals surface area contributed by atoms with Gasteiger partial charge in [-0.2, -0.15) is 4.31 Å². The summed E-state index contributed by atoms with van der Waals surface area (Å²) in [6, 6.07) is 1.43.